The molecule has 1 unspecified atom stereocenters. The first kappa shape index (κ1) is 14.4. The summed E-state index contributed by atoms with van der Waals surface area (Å²) >= 11 is 0. The van der Waals surface area contributed by atoms with E-state index in [9.17, 15) is 4.79 Å². The fraction of sp³-hybridized carbons (Fsp3) is 0.467. The van der Waals surface area contributed by atoms with Gasteiger partial charge in [0.2, 0.25) is 5.91 Å². The van der Waals surface area contributed by atoms with Gasteiger partial charge in [-0.15, -0.1) is 0 Å². The number of rotatable bonds is 5. The Morgan fingerprint density at radius 1 is 1.45 bits per heavy atom. The number of carbonyl (C=O) groups excluding carboxylic acids is 1. The van der Waals surface area contributed by atoms with Crippen LogP contribution < -0.4 is 11.1 Å². The lowest BCUT2D eigenvalue weighted by atomic mass is 9.67. The Labute approximate surface area is 118 Å². The molecule has 5 heteroatoms. The molecular weight excluding hydrogens is 254 g/mol. The van der Waals surface area contributed by atoms with E-state index in [1.54, 1.807) is 0 Å². The topological polar surface area (TPSA) is 87.7 Å². The van der Waals surface area contributed by atoms with Gasteiger partial charge in [-0.2, -0.15) is 0 Å². The lowest BCUT2D eigenvalue weighted by molar-refractivity contribution is -0.131. The summed E-state index contributed by atoms with van der Waals surface area (Å²) in [5, 5.41) is 14.8. The summed E-state index contributed by atoms with van der Waals surface area (Å²) in [5.74, 6) is -0.115. The zero-order valence-electron chi connectivity index (χ0n) is 11.7. The van der Waals surface area contributed by atoms with Crippen LogP contribution in [0, 0.1) is 5.41 Å². The molecule has 1 aliphatic carbocycles. The van der Waals surface area contributed by atoms with Gasteiger partial charge in [0.1, 0.15) is 5.41 Å². The molecule has 108 valence electrons. The minimum Gasteiger partial charge on any atom is -0.409 e. The highest BCUT2D eigenvalue weighted by atomic mass is 16.4. The second-order valence-electron chi connectivity index (χ2n) is 5.49. The average molecular weight is 275 g/mol. The van der Waals surface area contributed by atoms with Gasteiger partial charge in [0.15, 0.2) is 5.84 Å². The SMILES string of the molecule is CC(Cc1ccccc1)NC(=O)C1(/C(N)=N/O)CCC1. The molecule has 4 N–H and O–H groups in total. The zero-order chi connectivity index (χ0) is 14.6. The minimum atomic E-state index is -0.806. The normalized spacial score (nSPS) is 18.9. The average Bonchev–Trinajstić information content (AvgIpc) is 2.38. The number of benzene rings is 1. The quantitative estimate of drug-likeness (QED) is 0.330. The molecule has 0 saturated heterocycles. The van der Waals surface area contributed by atoms with Crippen molar-refractivity contribution in [2.24, 2.45) is 16.3 Å². The summed E-state index contributed by atoms with van der Waals surface area (Å²) in [5.41, 5.74) is 6.05. The van der Waals surface area contributed by atoms with Crippen molar-refractivity contribution in [1.29, 1.82) is 0 Å². The Hall–Kier alpha value is -2.04. The molecule has 2 rings (SSSR count). The van der Waals surface area contributed by atoms with Gasteiger partial charge >= 0.3 is 0 Å². The smallest absolute Gasteiger partial charge is 0.234 e. The van der Waals surface area contributed by atoms with Gasteiger partial charge in [0.25, 0.3) is 0 Å². The van der Waals surface area contributed by atoms with Crippen molar-refractivity contribution in [1.82, 2.24) is 5.32 Å². The lowest BCUT2D eigenvalue weighted by Gasteiger charge is -2.39. The third-order valence-corrected chi connectivity index (χ3v) is 4.00. The maximum Gasteiger partial charge on any atom is 0.234 e. The van der Waals surface area contributed by atoms with Crippen molar-refractivity contribution in [3.05, 3.63) is 35.9 Å². The molecule has 20 heavy (non-hydrogen) atoms. The largest absolute Gasteiger partial charge is 0.409 e. The second-order valence-corrected chi connectivity index (χ2v) is 5.49. The molecule has 0 bridgehead atoms. The van der Waals surface area contributed by atoms with Crippen LogP contribution in [0.3, 0.4) is 0 Å². The highest BCUT2D eigenvalue weighted by Gasteiger charge is 2.48. The van der Waals surface area contributed by atoms with Crippen LogP contribution >= 0.6 is 0 Å². The van der Waals surface area contributed by atoms with E-state index in [1.807, 2.05) is 37.3 Å². The monoisotopic (exact) mass is 275 g/mol. The van der Waals surface area contributed by atoms with E-state index >= 15 is 0 Å². The first-order valence-corrected chi connectivity index (χ1v) is 6.91. The lowest BCUT2D eigenvalue weighted by Crippen LogP contribution is -2.55. The molecule has 1 fully saturated rings. The maximum atomic E-state index is 12.4. The Morgan fingerprint density at radius 3 is 2.60 bits per heavy atom. The molecule has 0 heterocycles. The third kappa shape index (κ3) is 2.76. The van der Waals surface area contributed by atoms with Crippen LogP contribution in [-0.2, 0) is 11.2 Å². The molecule has 1 saturated carbocycles. The molecule has 0 radical (unpaired) electrons. The Balaban J connectivity index is 1.97. The van der Waals surface area contributed by atoms with Crippen LogP contribution in [0.1, 0.15) is 31.7 Å². The van der Waals surface area contributed by atoms with Crippen LogP contribution in [0.25, 0.3) is 0 Å². The molecule has 5 nitrogen and oxygen atoms in total. The van der Waals surface area contributed by atoms with Crippen LogP contribution in [0.4, 0.5) is 0 Å². The van der Waals surface area contributed by atoms with Crippen molar-refractivity contribution < 1.29 is 10.0 Å². The van der Waals surface area contributed by atoms with E-state index in [0.717, 1.165) is 12.8 Å². The van der Waals surface area contributed by atoms with E-state index in [-0.39, 0.29) is 17.8 Å². The number of nitrogens with zero attached hydrogens (tertiary/aromatic N) is 1. The standard InChI is InChI=1S/C15H21N3O2/c1-11(10-12-6-3-2-4-7-12)17-14(19)15(8-5-9-15)13(16)18-20/h2-4,6-7,11,20H,5,8-10H2,1H3,(H2,16,18)(H,17,19). The van der Waals surface area contributed by atoms with Crippen molar-refractivity contribution >= 4 is 11.7 Å². The van der Waals surface area contributed by atoms with Gasteiger partial charge in [-0.3, -0.25) is 4.79 Å². The molecule has 0 aliphatic heterocycles. The van der Waals surface area contributed by atoms with Crippen LogP contribution in [-0.4, -0.2) is 23.0 Å². The summed E-state index contributed by atoms with van der Waals surface area (Å²) in [7, 11) is 0. The molecule has 1 aliphatic rings. The van der Waals surface area contributed by atoms with Gasteiger partial charge < -0.3 is 16.3 Å². The zero-order valence-corrected chi connectivity index (χ0v) is 11.7. The minimum absolute atomic E-state index is 0.00821. The molecule has 0 aromatic heterocycles. The number of oxime groups is 1. The number of nitrogens with two attached hydrogens (primary N) is 1. The van der Waals surface area contributed by atoms with Crippen LogP contribution in [0.2, 0.25) is 0 Å². The number of nitrogens with one attached hydrogen (secondary N) is 1. The predicted molar refractivity (Wildman–Crippen MR) is 77.4 cm³/mol. The van der Waals surface area contributed by atoms with Crippen molar-refractivity contribution in [2.45, 2.75) is 38.6 Å². The van der Waals surface area contributed by atoms with E-state index < -0.39 is 5.41 Å². The molecule has 1 atom stereocenters. The van der Waals surface area contributed by atoms with E-state index in [4.69, 9.17) is 10.9 Å². The molecule has 1 amide bonds. The molecule has 0 spiro atoms. The summed E-state index contributed by atoms with van der Waals surface area (Å²) in [6.07, 6.45) is 2.98. The number of hydrogen-bond donors (Lipinski definition) is 3. The Kier molecular flexibility index (Phi) is 4.27. The molecule has 1 aromatic carbocycles. The summed E-state index contributed by atoms with van der Waals surface area (Å²) in [4.78, 5) is 12.4. The Morgan fingerprint density at radius 2 is 2.10 bits per heavy atom. The van der Waals surface area contributed by atoms with E-state index in [2.05, 4.69) is 10.5 Å². The Bertz CT molecular complexity index is 495. The van der Waals surface area contributed by atoms with Crippen molar-refractivity contribution in [3.8, 4) is 0 Å². The van der Waals surface area contributed by atoms with E-state index in [0.29, 0.717) is 12.8 Å². The highest BCUT2D eigenvalue weighted by molar-refractivity contribution is 6.07. The van der Waals surface area contributed by atoms with Crippen LogP contribution in [0.5, 0.6) is 0 Å². The fourth-order valence-corrected chi connectivity index (χ4v) is 2.61. The highest BCUT2D eigenvalue weighted by Crippen LogP contribution is 2.41. The number of amides is 1. The number of hydrogen-bond acceptors (Lipinski definition) is 3. The van der Waals surface area contributed by atoms with Gasteiger partial charge in [-0.1, -0.05) is 41.9 Å². The number of amidine groups is 1. The summed E-state index contributed by atoms with van der Waals surface area (Å²) in [6, 6.07) is 10.0. The van der Waals surface area contributed by atoms with Gasteiger partial charge in [-0.05, 0) is 31.7 Å². The summed E-state index contributed by atoms with van der Waals surface area (Å²) in [6.45, 7) is 1.96. The van der Waals surface area contributed by atoms with Crippen molar-refractivity contribution in [3.63, 3.8) is 0 Å². The first-order chi connectivity index (χ1) is 9.58. The predicted octanol–water partition coefficient (Wildman–Crippen LogP) is 1.65. The van der Waals surface area contributed by atoms with Gasteiger partial charge in [-0.25, -0.2) is 0 Å². The first-order valence-electron chi connectivity index (χ1n) is 6.91. The van der Waals surface area contributed by atoms with Gasteiger partial charge in [0, 0.05) is 6.04 Å². The fourth-order valence-electron chi connectivity index (χ4n) is 2.61. The number of carbonyl (C=O) groups is 1. The maximum absolute atomic E-state index is 12.4. The second kappa shape index (κ2) is 5.94. The summed E-state index contributed by atoms with van der Waals surface area (Å²) < 4.78 is 0. The third-order valence-electron chi connectivity index (χ3n) is 4.00. The molecular formula is C15H21N3O2. The molecule has 1 aromatic rings. The van der Waals surface area contributed by atoms with Crippen LogP contribution in [0.15, 0.2) is 35.5 Å². The van der Waals surface area contributed by atoms with Crippen molar-refractivity contribution in [2.75, 3.05) is 0 Å². The van der Waals surface area contributed by atoms with E-state index in [1.165, 1.54) is 5.56 Å². The van der Waals surface area contributed by atoms with Gasteiger partial charge in [0.05, 0.1) is 0 Å².